The van der Waals surface area contributed by atoms with Crippen LogP contribution in [0.1, 0.15) is 31.9 Å². The fourth-order valence-corrected chi connectivity index (χ4v) is 3.64. The third-order valence-corrected chi connectivity index (χ3v) is 5.29. The average molecular weight is 363 g/mol. The zero-order valence-corrected chi connectivity index (χ0v) is 16.7. The molecule has 1 nitrogen and oxygen atoms in total. The number of phenols is 1. The summed E-state index contributed by atoms with van der Waals surface area (Å²) in [7, 11) is 0. The molecule has 3 rings (SSSR count). The highest BCUT2D eigenvalue weighted by Crippen LogP contribution is 2.40. The Morgan fingerprint density at radius 2 is 1.50 bits per heavy atom. The molecular formula is C24H26OS. The van der Waals surface area contributed by atoms with Crippen LogP contribution in [0.3, 0.4) is 0 Å². The zero-order chi connectivity index (χ0) is 18.9. The first-order valence-corrected chi connectivity index (χ1v) is 9.79. The first-order chi connectivity index (χ1) is 12.7. The van der Waals surface area contributed by atoms with Crippen LogP contribution >= 0.6 is 11.8 Å². The van der Waals surface area contributed by atoms with Gasteiger partial charge in [-0.05, 0) is 42.7 Å². The third-order valence-electron chi connectivity index (χ3n) is 3.93. The van der Waals surface area contributed by atoms with Crippen molar-refractivity contribution in [3.05, 3.63) is 90.0 Å². The summed E-state index contributed by atoms with van der Waals surface area (Å²) in [6.45, 7) is 8.13. The number of rotatable bonds is 4. The van der Waals surface area contributed by atoms with Crippen LogP contribution in [-0.2, 0) is 0 Å². The molecule has 3 aromatic rings. The number of benzene rings is 3. The molecule has 3 aromatic carbocycles. The van der Waals surface area contributed by atoms with Crippen LogP contribution in [-0.4, -0.2) is 5.11 Å². The normalized spacial score (nSPS) is 10.8. The molecule has 0 aliphatic heterocycles. The van der Waals surface area contributed by atoms with E-state index >= 15 is 0 Å². The van der Waals surface area contributed by atoms with Crippen LogP contribution in [0.5, 0.6) is 5.75 Å². The summed E-state index contributed by atoms with van der Waals surface area (Å²) in [4.78, 5) is 2.26. The minimum atomic E-state index is 0.316. The number of hydrogen-bond donors (Lipinski definition) is 1. The number of aryl methyl sites for hydroxylation is 1. The SMILES string of the molecule is C/C=C(/Sc1ccc(-c2ccccc2)cc1C)c1ccccc1O.CC. The lowest BCUT2D eigenvalue weighted by Gasteiger charge is -2.12. The van der Waals surface area contributed by atoms with Crippen LogP contribution < -0.4 is 0 Å². The lowest BCUT2D eigenvalue weighted by atomic mass is 10.0. The predicted molar refractivity (Wildman–Crippen MR) is 116 cm³/mol. The molecule has 0 aliphatic carbocycles. The van der Waals surface area contributed by atoms with Gasteiger partial charge in [0.05, 0.1) is 0 Å². The van der Waals surface area contributed by atoms with Gasteiger partial charge in [0.1, 0.15) is 5.75 Å². The Kier molecular flexibility index (Phi) is 7.55. The Bertz CT molecular complexity index is 866. The lowest BCUT2D eigenvalue weighted by molar-refractivity contribution is 0.474. The molecule has 0 atom stereocenters. The highest BCUT2D eigenvalue weighted by Gasteiger charge is 2.10. The van der Waals surface area contributed by atoms with E-state index in [0.29, 0.717) is 5.75 Å². The van der Waals surface area contributed by atoms with Crippen LogP contribution in [0.25, 0.3) is 16.0 Å². The van der Waals surface area contributed by atoms with Gasteiger partial charge in [-0.1, -0.05) is 92.3 Å². The second kappa shape index (κ2) is 9.88. The maximum Gasteiger partial charge on any atom is 0.123 e. The lowest BCUT2D eigenvalue weighted by Crippen LogP contribution is -1.86. The minimum Gasteiger partial charge on any atom is -0.507 e. The molecule has 134 valence electrons. The van der Waals surface area contributed by atoms with Gasteiger partial charge in [0.25, 0.3) is 0 Å². The summed E-state index contributed by atoms with van der Waals surface area (Å²) < 4.78 is 0. The van der Waals surface area contributed by atoms with Crippen LogP contribution in [0.4, 0.5) is 0 Å². The average Bonchev–Trinajstić information content (AvgIpc) is 2.70. The van der Waals surface area contributed by atoms with E-state index in [9.17, 15) is 5.11 Å². The molecular weight excluding hydrogens is 336 g/mol. The highest BCUT2D eigenvalue weighted by atomic mass is 32.2. The summed E-state index contributed by atoms with van der Waals surface area (Å²) in [5.41, 5.74) is 4.55. The Balaban J connectivity index is 0.00000117. The molecule has 0 radical (unpaired) electrons. The quantitative estimate of drug-likeness (QED) is 0.484. The minimum absolute atomic E-state index is 0.316. The van der Waals surface area contributed by atoms with Gasteiger partial charge in [0.2, 0.25) is 0 Å². The molecule has 0 saturated heterocycles. The molecule has 26 heavy (non-hydrogen) atoms. The standard InChI is InChI=1S/C22H20OS.C2H6/c1-3-21(19-11-7-8-12-20(19)23)24-22-14-13-18(15-16(22)2)17-9-5-4-6-10-17;1-2/h3-15,23H,1-2H3;1-2H3/b21-3+;. The van der Waals surface area contributed by atoms with Crippen molar-refractivity contribution in [3.63, 3.8) is 0 Å². The molecule has 0 aromatic heterocycles. The topological polar surface area (TPSA) is 20.2 Å². The summed E-state index contributed by atoms with van der Waals surface area (Å²) in [5, 5.41) is 10.1. The first kappa shape index (κ1) is 19.9. The number of thioether (sulfide) groups is 1. The van der Waals surface area contributed by atoms with E-state index in [4.69, 9.17) is 0 Å². The molecule has 0 unspecified atom stereocenters. The fourth-order valence-electron chi connectivity index (χ4n) is 2.64. The van der Waals surface area contributed by atoms with Crippen molar-refractivity contribution in [1.82, 2.24) is 0 Å². The van der Waals surface area contributed by atoms with E-state index in [1.807, 2.05) is 51.1 Å². The van der Waals surface area contributed by atoms with Crippen molar-refractivity contribution in [3.8, 4) is 16.9 Å². The summed E-state index contributed by atoms with van der Waals surface area (Å²) >= 11 is 1.69. The van der Waals surface area contributed by atoms with Crippen molar-refractivity contribution in [2.45, 2.75) is 32.6 Å². The molecule has 0 bridgehead atoms. The first-order valence-electron chi connectivity index (χ1n) is 8.97. The molecule has 2 heteroatoms. The molecule has 0 amide bonds. The summed E-state index contributed by atoms with van der Waals surface area (Å²) in [5.74, 6) is 0.316. The van der Waals surface area contributed by atoms with Crippen LogP contribution in [0, 0.1) is 6.92 Å². The number of aromatic hydroxyl groups is 1. The van der Waals surface area contributed by atoms with Crippen molar-refractivity contribution in [1.29, 1.82) is 0 Å². The molecule has 0 saturated carbocycles. The molecule has 0 fully saturated rings. The van der Waals surface area contributed by atoms with Gasteiger partial charge in [-0.25, -0.2) is 0 Å². The summed E-state index contributed by atoms with van der Waals surface area (Å²) in [6.07, 6.45) is 2.05. The van der Waals surface area contributed by atoms with Gasteiger partial charge >= 0.3 is 0 Å². The van der Waals surface area contributed by atoms with Gasteiger partial charge in [0, 0.05) is 15.4 Å². The Labute approximate surface area is 161 Å². The molecule has 0 aliphatic rings. The maximum atomic E-state index is 10.1. The van der Waals surface area contributed by atoms with E-state index in [2.05, 4.69) is 49.4 Å². The van der Waals surface area contributed by atoms with Crippen LogP contribution in [0.2, 0.25) is 0 Å². The second-order valence-electron chi connectivity index (χ2n) is 5.62. The smallest absolute Gasteiger partial charge is 0.123 e. The Morgan fingerprint density at radius 3 is 2.12 bits per heavy atom. The van der Waals surface area contributed by atoms with Gasteiger partial charge in [-0.15, -0.1) is 0 Å². The Morgan fingerprint density at radius 1 is 0.846 bits per heavy atom. The number of hydrogen-bond acceptors (Lipinski definition) is 2. The Hall–Kier alpha value is -2.45. The number of phenolic OH excluding ortho intramolecular Hbond substituents is 1. The van der Waals surface area contributed by atoms with Crippen molar-refractivity contribution in [2.24, 2.45) is 0 Å². The zero-order valence-electron chi connectivity index (χ0n) is 15.9. The predicted octanol–water partition coefficient (Wildman–Crippen LogP) is 7.55. The van der Waals surface area contributed by atoms with Crippen molar-refractivity contribution >= 4 is 16.7 Å². The van der Waals surface area contributed by atoms with Crippen molar-refractivity contribution in [2.75, 3.05) is 0 Å². The largest absolute Gasteiger partial charge is 0.507 e. The number of para-hydroxylation sites is 1. The van der Waals surface area contributed by atoms with E-state index < -0.39 is 0 Å². The van der Waals surface area contributed by atoms with Gasteiger partial charge in [0.15, 0.2) is 0 Å². The van der Waals surface area contributed by atoms with Gasteiger partial charge < -0.3 is 5.11 Å². The van der Waals surface area contributed by atoms with Gasteiger partial charge in [-0.2, -0.15) is 0 Å². The van der Waals surface area contributed by atoms with E-state index in [1.54, 1.807) is 17.8 Å². The van der Waals surface area contributed by atoms with Crippen molar-refractivity contribution < 1.29 is 5.11 Å². The number of allylic oxidation sites excluding steroid dienone is 1. The summed E-state index contributed by atoms with van der Waals surface area (Å²) in [6, 6.07) is 24.4. The highest BCUT2D eigenvalue weighted by molar-refractivity contribution is 8.08. The van der Waals surface area contributed by atoms with E-state index in [-0.39, 0.29) is 0 Å². The fraction of sp³-hybridized carbons (Fsp3) is 0.167. The third kappa shape index (κ3) is 4.80. The monoisotopic (exact) mass is 362 g/mol. The van der Waals surface area contributed by atoms with E-state index in [1.165, 1.54) is 21.6 Å². The van der Waals surface area contributed by atoms with Gasteiger partial charge in [-0.3, -0.25) is 0 Å². The van der Waals surface area contributed by atoms with E-state index in [0.717, 1.165) is 10.5 Å². The molecule has 1 N–H and O–H groups in total. The van der Waals surface area contributed by atoms with Crippen LogP contribution in [0.15, 0.2) is 83.8 Å². The second-order valence-corrected chi connectivity index (χ2v) is 6.70. The molecule has 0 spiro atoms. The molecule has 0 heterocycles. The maximum absolute atomic E-state index is 10.1.